The van der Waals surface area contributed by atoms with Gasteiger partial charge in [0.2, 0.25) is 5.91 Å². The molecular weight excluding hydrogens is 248 g/mol. The highest BCUT2D eigenvalue weighted by atomic mass is 16.2. The van der Waals surface area contributed by atoms with Gasteiger partial charge in [-0.3, -0.25) is 4.79 Å². The lowest BCUT2D eigenvalue weighted by Crippen LogP contribution is -2.52. The highest BCUT2D eigenvalue weighted by Gasteiger charge is 2.27. The Morgan fingerprint density at radius 1 is 1.35 bits per heavy atom. The molecule has 1 amide bonds. The molecule has 1 fully saturated rings. The van der Waals surface area contributed by atoms with Gasteiger partial charge in [0, 0.05) is 32.1 Å². The maximum Gasteiger partial charge on any atom is 0.223 e. The van der Waals surface area contributed by atoms with Crippen molar-refractivity contribution in [3.8, 4) is 0 Å². The molecule has 3 heteroatoms. The molecule has 3 nitrogen and oxygen atoms in total. The van der Waals surface area contributed by atoms with E-state index in [1.54, 1.807) is 0 Å². The molecule has 1 heterocycles. The van der Waals surface area contributed by atoms with E-state index >= 15 is 0 Å². The highest BCUT2D eigenvalue weighted by Crippen LogP contribution is 2.28. The molecule has 0 aromatic heterocycles. The number of fused-ring (bicyclic) bond motifs is 1. The van der Waals surface area contributed by atoms with E-state index in [4.69, 9.17) is 0 Å². The Kier molecular flexibility index (Phi) is 4.06. The molecule has 1 aromatic carbocycles. The van der Waals surface area contributed by atoms with Crippen LogP contribution >= 0.6 is 0 Å². The number of piperazine rings is 1. The van der Waals surface area contributed by atoms with Gasteiger partial charge in [-0.05, 0) is 43.2 Å². The minimum atomic E-state index is 0.340. The molecule has 1 aliphatic heterocycles. The van der Waals surface area contributed by atoms with Gasteiger partial charge < -0.3 is 10.2 Å². The number of carbonyl (C=O) groups is 1. The van der Waals surface area contributed by atoms with Crippen LogP contribution in [0.2, 0.25) is 0 Å². The second kappa shape index (κ2) is 5.96. The molecule has 0 bridgehead atoms. The summed E-state index contributed by atoms with van der Waals surface area (Å²) in [6, 6.07) is 9.02. The second-order valence-corrected chi connectivity index (χ2v) is 6.22. The van der Waals surface area contributed by atoms with Crippen molar-refractivity contribution in [3.63, 3.8) is 0 Å². The number of hydrogen-bond acceptors (Lipinski definition) is 2. The van der Waals surface area contributed by atoms with Crippen molar-refractivity contribution < 1.29 is 4.79 Å². The average molecular weight is 272 g/mol. The second-order valence-electron chi connectivity index (χ2n) is 6.22. The van der Waals surface area contributed by atoms with E-state index in [0.717, 1.165) is 45.3 Å². The molecule has 1 N–H and O–H groups in total. The van der Waals surface area contributed by atoms with Crippen molar-refractivity contribution in [2.75, 3.05) is 19.6 Å². The quantitative estimate of drug-likeness (QED) is 0.893. The largest absolute Gasteiger partial charge is 0.337 e. The van der Waals surface area contributed by atoms with Crippen LogP contribution in [0.4, 0.5) is 0 Å². The third-order valence-corrected chi connectivity index (χ3v) is 4.73. The van der Waals surface area contributed by atoms with Crippen LogP contribution in [0.5, 0.6) is 0 Å². The lowest BCUT2D eigenvalue weighted by molar-refractivity contribution is -0.135. The lowest BCUT2D eigenvalue weighted by atomic mass is 9.82. The van der Waals surface area contributed by atoms with Gasteiger partial charge in [0.25, 0.3) is 0 Å². The summed E-state index contributed by atoms with van der Waals surface area (Å²) in [7, 11) is 0. The first kappa shape index (κ1) is 13.6. The molecule has 0 spiro atoms. The third kappa shape index (κ3) is 2.88. The normalized spacial score (nSPS) is 26.1. The summed E-state index contributed by atoms with van der Waals surface area (Å²) in [5.74, 6) is 0.878. The lowest BCUT2D eigenvalue weighted by Gasteiger charge is -2.35. The van der Waals surface area contributed by atoms with E-state index in [9.17, 15) is 4.79 Å². The first-order valence-electron chi connectivity index (χ1n) is 7.81. The fourth-order valence-corrected chi connectivity index (χ4v) is 3.52. The molecule has 0 radical (unpaired) electrons. The van der Waals surface area contributed by atoms with Gasteiger partial charge in [-0.2, -0.15) is 0 Å². The van der Waals surface area contributed by atoms with E-state index in [-0.39, 0.29) is 0 Å². The first-order valence-corrected chi connectivity index (χ1v) is 7.81. The molecule has 1 aromatic rings. The van der Waals surface area contributed by atoms with Crippen LogP contribution in [0, 0.1) is 5.92 Å². The predicted octanol–water partition coefficient (Wildman–Crippen LogP) is 2.00. The highest BCUT2D eigenvalue weighted by molar-refractivity contribution is 5.77. The zero-order chi connectivity index (χ0) is 13.9. The topological polar surface area (TPSA) is 32.3 Å². The van der Waals surface area contributed by atoms with Crippen LogP contribution in [0.3, 0.4) is 0 Å². The minimum absolute atomic E-state index is 0.340. The molecule has 1 saturated heterocycles. The Morgan fingerprint density at radius 2 is 2.15 bits per heavy atom. The fraction of sp³-hybridized carbons (Fsp3) is 0.588. The molecule has 0 saturated carbocycles. The van der Waals surface area contributed by atoms with Crippen molar-refractivity contribution in [1.29, 1.82) is 0 Å². The first-order chi connectivity index (χ1) is 9.74. The summed E-state index contributed by atoms with van der Waals surface area (Å²) in [4.78, 5) is 14.6. The number of rotatable bonds is 2. The molecule has 1 aliphatic carbocycles. The number of hydrogen-bond donors (Lipinski definition) is 1. The Morgan fingerprint density at radius 3 is 2.95 bits per heavy atom. The molecule has 3 rings (SSSR count). The van der Waals surface area contributed by atoms with E-state index in [0.29, 0.717) is 17.9 Å². The van der Waals surface area contributed by atoms with Crippen LogP contribution in [0.1, 0.15) is 30.9 Å². The summed E-state index contributed by atoms with van der Waals surface area (Å²) in [5.41, 5.74) is 2.93. The molecule has 108 valence electrons. The van der Waals surface area contributed by atoms with Crippen LogP contribution in [-0.2, 0) is 17.6 Å². The Labute approximate surface area is 121 Å². The van der Waals surface area contributed by atoms with Crippen molar-refractivity contribution in [2.45, 2.75) is 38.6 Å². The number of nitrogens with one attached hydrogen (secondary N) is 1. The summed E-state index contributed by atoms with van der Waals surface area (Å²) in [5, 5.41) is 3.34. The smallest absolute Gasteiger partial charge is 0.223 e. The maximum atomic E-state index is 12.5. The monoisotopic (exact) mass is 272 g/mol. The summed E-state index contributed by atoms with van der Waals surface area (Å²) >= 11 is 0. The van der Waals surface area contributed by atoms with E-state index in [1.165, 1.54) is 11.1 Å². The number of benzene rings is 1. The van der Waals surface area contributed by atoms with Crippen molar-refractivity contribution in [3.05, 3.63) is 35.4 Å². The van der Waals surface area contributed by atoms with Crippen LogP contribution in [-0.4, -0.2) is 36.5 Å². The van der Waals surface area contributed by atoms with Crippen molar-refractivity contribution in [1.82, 2.24) is 10.2 Å². The number of nitrogens with zero attached hydrogens (tertiary/aromatic N) is 1. The maximum absolute atomic E-state index is 12.5. The van der Waals surface area contributed by atoms with Gasteiger partial charge in [-0.1, -0.05) is 24.3 Å². The Bertz CT molecular complexity index is 486. The van der Waals surface area contributed by atoms with E-state index < -0.39 is 0 Å². The van der Waals surface area contributed by atoms with Gasteiger partial charge in [0.15, 0.2) is 0 Å². The van der Waals surface area contributed by atoms with Crippen molar-refractivity contribution >= 4 is 5.91 Å². The molecule has 20 heavy (non-hydrogen) atoms. The summed E-state index contributed by atoms with van der Waals surface area (Å²) in [6.07, 6.45) is 4.08. The van der Waals surface area contributed by atoms with Crippen LogP contribution < -0.4 is 5.32 Å². The summed E-state index contributed by atoms with van der Waals surface area (Å²) in [6.45, 7) is 4.87. The zero-order valence-electron chi connectivity index (χ0n) is 12.3. The molecule has 2 atom stereocenters. The van der Waals surface area contributed by atoms with Gasteiger partial charge in [0.05, 0.1) is 0 Å². The molecule has 2 aliphatic rings. The standard InChI is InChI=1S/C17H24N2O/c1-13-12-18-8-9-19(13)17(20)11-14-6-7-15-4-2-3-5-16(15)10-14/h2-5,13-14,18H,6-12H2,1H3/t13-,14?/m1/s1. The summed E-state index contributed by atoms with van der Waals surface area (Å²) < 4.78 is 0. The van der Waals surface area contributed by atoms with E-state index in [1.807, 2.05) is 0 Å². The number of amides is 1. The SMILES string of the molecule is C[C@@H]1CNCCN1C(=O)CC1CCc2ccccc2C1. The van der Waals surface area contributed by atoms with Gasteiger partial charge in [-0.15, -0.1) is 0 Å². The number of aryl methyl sites for hydroxylation is 1. The van der Waals surface area contributed by atoms with Gasteiger partial charge in [-0.25, -0.2) is 0 Å². The predicted molar refractivity (Wildman–Crippen MR) is 80.6 cm³/mol. The third-order valence-electron chi connectivity index (χ3n) is 4.73. The Hall–Kier alpha value is -1.35. The Balaban J connectivity index is 1.60. The van der Waals surface area contributed by atoms with Crippen LogP contribution in [0.25, 0.3) is 0 Å². The molecule has 1 unspecified atom stereocenters. The number of carbonyl (C=O) groups excluding carboxylic acids is 1. The zero-order valence-corrected chi connectivity index (χ0v) is 12.3. The minimum Gasteiger partial charge on any atom is -0.337 e. The van der Waals surface area contributed by atoms with E-state index in [2.05, 4.69) is 41.4 Å². The van der Waals surface area contributed by atoms with Gasteiger partial charge >= 0.3 is 0 Å². The average Bonchev–Trinajstić information content (AvgIpc) is 2.47. The van der Waals surface area contributed by atoms with Crippen molar-refractivity contribution in [2.24, 2.45) is 5.92 Å². The van der Waals surface area contributed by atoms with Crippen LogP contribution in [0.15, 0.2) is 24.3 Å². The van der Waals surface area contributed by atoms with Gasteiger partial charge in [0.1, 0.15) is 0 Å². The molecular formula is C17H24N2O. The fourth-order valence-electron chi connectivity index (χ4n) is 3.52.